The van der Waals surface area contributed by atoms with E-state index in [1.165, 1.54) is 7.11 Å². The maximum atomic E-state index is 12.6. The number of nitrogens with zero attached hydrogens (tertiary/aromatic N) is 1. The maximum absolute atomic E-state index is 12.6. The number of carbonyl (C=O) groups is 2. The van der Waals surface area contributed by atoms with Gasteiger partial charge in [-0.3, -0.25) is 9.59 Å². The summed E-state index contributed by atoms with van der Waals surface area (Å²) >= 11 is 0. The van der Waals surface area contributed by atoms with Gasteiger partial charge in [0.25, 0.3) is 5.91 Å². The molecule has 1 amide bonds. The Morgan fingerprint density at radius 1 is 1.29 bits per heavy atom. The number of H-pyrrole nitrogens is 1. The van der Waals surface area contributed by atoms with Gasteiger partial charge in [0.05, 0.1) is 13.0 Å². The lowest BCUT2D eigenvalue weighted by Gasteiger charge is -2.16. The molecule has 0 spiro atoms. The smallest absolute Gasteiger partial charge is 0.310 e. The number of fused-ring (bicyclic) bond motifs is 1. The van der Waals surface area contributed by atoms with E-state index in [2.05, 4.69) is 4.98 Å². The van der Waals surface area contributed by atoms with Gasteiger partial charge in [0.1, 0.15) is 0 Å². The van der Waals surface area contributed by atoms with E-state index in [0.717, 1.165) is 10.9 Å². The molecular weight excluding hydrogens is 268 g/mol. The SMILES string of the molecule is COC(=O)C1CN(C(=O)c2ccc3cc[nH]c3c2)CC1C. The van der Waals surface area contributed by atoms with Crippen molar-refractivity contribution in [1.29, 1.82) is 0 Å². The Hall–Kier alpha value is -2.30. The molecule has 2 heterocycles. The van der Waals surface area contributed by atoms with Gasteiger partial charge in [-0.15, -0.1) is 0 Å². The normalized spacial score (nSPS) is 21.7. The van der Waals surface area contributed by atoms with Crippen LogP contribution in [0.15, 0.2) is 30.5 Å². The minimum absolute atomic E-state index is 0.0373. The molecule has 1 saturated heterocycles. The Bertz CT molecular complexity index is 692. The van der Waals surface area contributed by atoms with E-state index in [9.17, 15) is 9.59 Å². The number of methoxy groups -OCH3 is 1. The van der Waals surface area contributed by atoms with Crippen molar-refractivity contribution in [3.8, 4) is 0 Å². The Morgan fingerprint density at radius 2 is 2.10 bits per heavy atom. The topological polar surface area (TPSA) is 62.4 Å². The van der Waals surface area contributed by atoms with Crippen molar-refractivity contribution >= 4 is 22.8 Å². The summed E-state index contributed by atoms with van der Waals surface area (Å²) in [4.78, 5) is 29.1. The van der Waals surface area contributed by atoms with Crippen LogP contribution in [0.3, 0.4) is 0 Å². The summed E-state index contributed by atoms with van der Waals surface area (Å²) in [6, 6.07) is 7.58. The summed E-state index contributed by atoms with van der Waals surface area (Å²) in [6.07, 6.45) is 1.85. The van der Waals surface area contributed by atoms with Crippen molar-refractivity contribution in [2.75, 3.05) is 20.2 Å². The second-order valence-electron chi connectivity index (χ2n) is 5.60. The fraction of sp³-hybridized carbons (Fsp3) is 0.375. The lowest BCUT2D eigenvalue weighted by atomic mass is 9.99. The van der Waals surface area contributed by atoms with E-state index >= 15 is 0 Å². The monoisotopic (exact) mass is 286 g/mol. The molecule has 2 atom stereocenters. The first-order valence-electron chi connectivity index (χ1n) is 7.04. The molecule has 2 unspecified atom stereocenters. The zero-order chi connectivity index (χ0) is 15.0. The number of benzene rings is 1. The molecule has 0 aliphatic carbocycles. The van der Waals surface area contributed by atoms with Gasteiger partial charge in [-0.05, 0) is 29.5 Å². The van der Waals surface area contributed by atoms with Gasteiger partial charge >= 0.3 is 5.97 Å². The van der Waals surface area contributed by atoms with Crippen LogP contribution in [-0.2, 0) is 9.53 Å². The van der Waals surface area contributed by atoms with Crippen LogP contribution in [0.25, 0.3) is 10.9 Å². The largest absolute Gasteiger partial charge is 0.469 e. The van der Waals surface area contributed by atoms with Gasteiger partial charge in [0, 0.05) is 30.4 Å². The highest BCUT2D eigenvalue weighted by molar-refractivity contribution is 5.98. The number of esters is 1. The van der Waals surface area contributed by atoms with Crippen molar-refractivity contribution in [3.05, 3.63) is 36.0 Å². The summed E-state index contributed by atoms with van der Waals surface area (Å²) in [7, 11) is 1.39. The molecule has 2 aromatic rings. The summed E-state index contributed by atoms with van der Waals surface area (Å²) < 4.78 is 4.80. The van der Waals surface area contributed by atoms with E-state index < -0.39 is 0 Å². The van der Waals surface area contributed by atoms with E-state index in [1.54, 1.807) is 4.90 Å². The van der Waals surface area contributed by atoms with Crippen LogP contribution in [0.4, 0.5) is 0 Å². The number of carbonyl (C=O) groups excluding carboxylic acids is 2. The van der Waals surface area contributed by atoms with E-state index in [0.29, 0.717) is 18.7 Å². The molecule has 1 aromatic carbocycles. The number of nitrogens with one attached hydrogen (secondary N) is 1. The fourth-order valence-electron chi connectivity index (χ4n) is 2.95. The lowest BCUT2D eigenvalue weighted by molar-refractivity contribution is -0.146. The number of hydrogen-bond donors (Lipinski definition) is 1. The number of ether oxygens (including phenoxy) is 1. The molecule has 1 fully saturated rings. The molecule has 0 radical (unpaired) electrons. The second-order valence-corrected chi connectivity index (χ2v) is 5.60. The Labute approximate surface area is 122 Å². The maximum Gasteiger partial charge on any atom is 0.310 e. The molecule has 110 valence electrons. The van der Waals surface area contributed by atoms with E-state index in [1.807, 2.05) is 37.4 Å². The molecule has 3 rings (SSSR count). The Balaban J connectivity index is 1.80. The van der Waals surface area contributed by atoms with Crippen LogP contribution in [0, 0.1) is 11.8 Å². The van der Waals surface area contributed by atoms with Crippen molar-refractivity contribution in [1.82, 2.24) is 9.88 Å². The molecule has 21 heavy (non-hydrogen) atoms. The van der Waals surface area contributed by atoms with Crippen LogP contribution in [0.1, 0.15) is 17.3 Å². The van der Waals surface area contributed by atoms with Crippen molar-refractivity contribution in [2.45, 2.75) is 6.92 Å². The Kier molecular flexibility index (Phi) is 3.41. The van der Waals surface area contributed by atoms with Crippen molar-refractivity contribution in [3.63, 3.8) is 0 Å². The second kappa shape index (κ2) is 5.24. The number of aromatic amines is 1. The standard InChI is InChI=1S/C16H18N2O3/c1-10-8-18(9-13(10)16(20)21-2)15(19)12-4-3-11-5-6-17-14(11)7-12/h3-7,10,13,17H,8-9H2,1-2H3. The average molecular weight is 286 g/mol. The van der Waals surface area contributed by atoms with Gasteiger partial charge in [-0.2, -0.15) is 0 Å². The number of rotatable bonds is 2. The minimum atomic E-state index is -0.238. The summed E-state index contributed by atoms with van der Waals surface area (Å²) in [6.45, 7) is 2.99. The van der Waals surface area contributed by atoms with Crippen LogP contribution in [0.2, 0.25) is 0 Å². The number of amides is 1. The molecule has 1 N–H and O–H groups in total. The zero-order valence-electron chi connectivity index (χ0n) is 12.1. The first-order chi connectivity index (χ1) is 10.1. The predicted octanol–water partition coefficient (Wildman–Crippen LogP) is 2.05. The molecule has 0 bridgehead atoms. The molecule has 1 aliphatic heterocycles. The molecule has 0 saturated carbocycles. The quantitative estimate of drug-likeness (QED) is 0.859. The zero-order valence-corrected chi connectivity index (χ0v) is 12.1. The molecule has 5 nitrogen and oxygen atoms in total. The third kappa shape index (κ3) is 2.39. The number of likely N-dealkylation sites (tertiary alicyclic amines) is 1. The van der Waals surface area contributed by atoms with E-state index in [4.69, 9.17) is 4.74 Å². The summed E-state index contributed by atoms with van der Waals surface area (Å²) in [5.74, 6) is -0.383. The van der Waals surface area contributed by atoms with Crippen LogP contribution in [0.5, 0.6) is 0 Å². The van der Waals surface area contributed by atoms with Gasteiger partial charge < -0.3 is 14.6 Å². The molecule has 5 heteroatoms. The lowest BCUT2D eigenvalue weighted by Crippen LogP contribution is -2.30. The van der Waals surface area contributed by atoms with Crippen LogP contribution in [-0.4, -0.2) is 42.0 Å². The fourth-order valence-corrected chi connectivity index (χ4v) is 2.95. The van der Waals surface area contributed by atoms with Gasteiger partial charge in [-0.25, -0.2) is 0 Å². The van der Waals surface area contributed by atoms with Gasteiger partial charge in [0.2, 0.25) is 0 Å². The van der Waals surface area contributed by atoms with E-state index in [-0.39, 0.29) is 23.7 Å². The number of aromatic nitrogens is 1. The van der Waals surface area contributed by atoms with Crippen molar-refractivity contribution in [2.24, 2.45) is 11.8 Å². The highest BCUT2D eigenvalue weighted by atomic mass is 16.5. The highest BCUT2D eigenvalue weighted by Gasteiger charge is 2.37. The van der Waals surface area contributed by atoms with Gasteiger partial charge in [0.15, 0.2) is 0 Å². The van der Waals surface area contributed by atoms with Crippen molar-refractivity contribution < 1.29 is 14.3 Å². The third-order valence-corrected chi connectivity index (χ3v) is 4.21. The number of hydrogen-bond acceptors (Lipinski definition) is 3. The summed E-state index contributed by atoms with van der Waals surface area (Å²) in [5.41, 5.74) is 1.58. The molecule has 1 aliphatic rings. The average Bonchev–Trinajstić information content (AvgIpc) is 3.11. The molecular formula is C16H18N2O3. The van der Waals surface area contributed by atoms with Crippen LogP contribution >= 0.6 is 0 Å². The highest BCUT2D eigenvalue weighted by Crippen LogP contribution is 2.26. The first kappa shape index (κ1) is 13.7. The first-order valence-corrected chi connectivity index (χ1v) is 7.04. The Morgan fingerprint density at radius 3 is 2.86 bits per heavy atom. The van der Waals surface area contributed by atoms with Crippen LogP contribution < -0.4 is 0 Å². The summed E-state index contributed by atoms with van der Waals surface area (Å²) in [5, 5.41) is 1.08. The van der Waals surface area contributed by atoms with Gasteiger partial charge in [-0.1, -0.05) is 13.0 Å². The minimum Gasteiger partial charge on any atom is -0.469 e. The predicted molar refractivity (Wildman–Crippen MR) is 78.9 cm³/mol. The third-order valence-electron chi connectivity index (χ3n) is 4.21. The molecule has 1 aromatic heterocycles.